The van der Waals surface area contributed by atoms with Gasteiger partial charge in [-0.3, -0.25) is 4.79 Å². The summed E-state index contributed by atoms with van der Waals surface area (Å²) in [6, 6.07) is 0. The van der Waals surface area contributed by atoms with Gasteiger partial charge in [0.05, 0.1) is 20.5 Å². The SMILES string of the molecule is O=C([O-])C(=O)C[C@@H](O)[C@H](O)[C@H](O)COP(=O)([O-])[O-]. The van der Waals surface area contributed by atoms with Crippen LogP contribution in [-0.2, 0) is 18.7 Å². The smallest absolute Gasteiger partial charge is 0.180 e. The van der Waals surface area contributed by atoms with Crippen LogP contribution in [0.3, 0.4) is 0 Å². The molecule has 0 amide bonds. The number of hydrogen-bond acceptors (Lipinski definition) is 10. The minimum absolute atomic E-state index is 1.05. The predicted octanol–water partition coefficient (Wildman–Crippen LogP) is -5.38. The van der Waals surface area contributed by atoms with Gasteiger partial charge in [0, 0.05) is 6.42 Å². The fourth-order valence-electron chi connectivity index (χ4n) is 0.917. The zero-order chi connectivity index (χ0) is 14.5. The Labute approximate surface area is 101 Å². The number of Topliss-reactive ketones (excluding diaryl/α,β-unsaturated/α-hetero) is 1. The van der Waals surface area contributed by atoms with Crippen molar-refractivity contribution in [3.8, 4) is 0 Å². The number of phosphoric ester groups is 1. The molecule has 0 fully saturated rings. The lowest BCUT2D eigenvalue weighted by Crippen LogP contribution is -2.43. The van der Waals surface area contributed by atoms with Gasteiger partial charge in [0.15, 0.2) is 5.78 Å². The second-order valence-electron chi connectivity index (χ2n) is 3.28. The van der Waals surface area contributed by atoms with Gasteiger partial charge in [-0.15, -0.1) is 0 Å². The van der Waals surface area contributed by atoms with Crippen molar-refractivity contribution in [2.45, 2.75) is 24.7 Å². The summed E-state index contributed by atoms with van der Waals surface area (Å²) in [4.78, 5) is 40.7. The van der Waals surface area contributed by atoms with Gasteiger partial charge in [-0.1, -0.05) is 0 Å². The van der Waals surface area contributed by atoms with E-state index in [2.05, 4.69) is 4.52 Å². The van der Waals surface area contributed by atoms with E-state index in [4.69, 9.17) is 10.2 Å². The van der Waals surface area contributed by atoms with E-state index in [0.717, 1.165) is 0 Å². The second kappa shape index (κ2) is 6.90. The van der Waals surface area contributed by atoms with Crippen LogP contribution in [0.2, 0.25) is 0 Å². The van der Waals surface area contributed by atoms with Gasteiger partial charge in [-0.25, -0.2) is 0 Å². The van der Waals surface area contributed by atoms with Crippen molar-refractivity contribution in [1.82, 2.24) is 0 Å². The van der Waals surface area contributed by atoms with Crippen LogP contribution in [0.15, 0.2) is 0 Å². The number of carbonyl (C=O) groups is 2. The average molecular weight is 285 g/mol. The summed E-state index contributed by atoms with van der Waals surface area (Å²) < 4.78 is 13.7. The van der Waals surface area contributed by atoms with Gasteiger partial charge in [0.1, 0.15) is 18.2 Å². The fraction of sp³-hybridized carbons (Fsp3) is 0.714. The van der Waals surface area contributed by atoms with E-state index in [1.807, 2.05) is 0 Å². The lowest BCUT2D eigenvalue weighted by molar-refractivity contribution is -0.343. The molecule has 0 aromatic carbocycles. The first kappa shape index (κ1) is 17.1. The van der Waals surface area contributed by atoms with Crippen molar-refractivity contribution < 1.29 is 48.9 Å². The van der Waals surface area contributed by atoms with E-state index < -0.39 is 50.9 Å². The Morgan fingerprint density at radius 3 is 2.06 bits per heavy atom. The molecule has 0 aromatic heterocycles. The van der Waals surface area contributed by atoms with Crippen molar-refractivity contribution in [3.63, 3.8) is 0 Å². The summed E-state index contributed by atoms with van der Waals surface area (Å²) in [5.74, 6) is -3.61. The van der Waals surface area contributed by atoms with Crippen LogP contribution in [0.25, 0.3) is 0 Å². The van der Waals surface area contributed by atoms with E-state index in [1.54, 1.807) is 0 Å². The third-order valence-electron chi connectivity index (χ3n) is 1.81. The average Bonchev–Trinajstić information content (AvgIpc) is 2.23. The zero-order valence-electron chi connectivity index (χ0n) is 8.79. The second-order valence-corrected chi connectivity index (χ2v) is 4.44. The molecule has 0 saturated heterocycles. The highest BCUT2D eigenvalue weighted by Gasteiger charge is 2.27. The highest BCUT2D eigenvalue weighted by atomic mass is 31.2. The van der Waals surface area contributed by atoms with Crippen LogP contribution in [0.5, 0.6) is 0 Å². The lowest BCUT2D eigenvalue weighted by atomic mass is 10.0. The lowest BCUT2D eigenvalue weighted by Gasteiger charge is -2.31. The third kappa shape index (κ3) is 6.77. The van der Waals surface area contributed by atoms with Gasteiger partial charge in [-0.2, -0.15) is 0 Å². The first-order valence-corrected chi connectivity index (χ1v) is 5.95. The third-order valence-corrected chi connectivity index (χ3v) is 2.28. The molecule has 0 aliphatic heterocycles. The number of carboxylic acid groups (broad SMARTS) is 1. The number of ketones is 1. The number of aliphatic hydroxyl groups excluding tert-OH is 3. The van der Waals surface area contributed by atoms with E-state index in [-0.39, 0.29) is 0 Å². The maximum atomic E-state index is 10.6. The van der Waals surface area contributed by atoms with Crippen molar-refractivity contribution in [1.29, 1.82) is 0 Å². The first-order valence-electron chi connectivity index (χ1n) is 4.49. The molecule has 0 spiro atoms. The fourth-order valence-corrected chi connectivity index (χ4v) is 1.25. The van der Waals surface area contributed by atoms with Crippen molar-refractivity contribution in [3.05, 3.63) is 0 Å². The standard InChI is InChI=1S/C7H13O10P/c8-3(1-4(9)7(12)13)6(11)5(10)2-17-18(14,15)16/h3,5-6,8,10-11H,1-2H2,(H,12,13)(H2,14,15,16)/p-3/t3-,5-,6+/m1/s1. The largest absolute Gasteiger partial charge is 0.790 e. The highest BCUT2D eigenvalue weighted by Crippen LogP contribution is 2.25. The molecule has 11 heteroatoms. The minimum atomic E-state index is -5.36. The van der Waals surface area contributed by atoms with Crippen LogP contribution in [0, 0.1) is 0 Å². The molecule has 0 aliphatic rings. The van der Waals surface area contributed by atoms with E-state index >= 15 is 0 Å². The molecule has 10 nitrogen and oxygen atoms in total. The molecular weight excluding hydrogens is 275 g/mol. The van der Waals surface area contributed by atoms with Crippen molar-refractivity contribution in [2.75, 3.05) is 6.61 Å². The zero-order valence-corrected chi connectivity index (χ0v) is 9.69. The summed E-state index contributed by atoms with van der Waals surface area (Å²) in [5.41, 5.74) is 0. The first-order chi connectivity index (χ1) is 8.04. The van der Waals surface area contributed by atoms with E-state index in [9.17, 15) is 34.2 Å². The molecule has 18 heavy (non-hydrogen) atoms. The molecule has 0 bridgehead atoms. The van der Waals surface area contributed by atoms with Crippen LogP contribution in [0.1, 0.15) is 6.42 Å². The Morgan fingerprint density at radius 2 is 1.67 bits per heavy atom. The summed E-state index contributed by atoms with van der Waals surface area (Å²) in [6.07, 6.45) is -7.09. The Hall–Kier alpha value is -0.870. The normalized spacial score (nSPS) is 16.9. The quantitative estimate of drug-likeness (QED) is 0.286. The molecule has 0 radical (unpaired) electrons. The van der Waals surface area contributed by atoms with Gasteiger partial charge in [0.2, 0.25) is 0 Å². The molecule has 0 rings (SSSR count). The molecular formula is C7H10O10P-3. The molecule has 0 unspecified atom stereocenters. The topological polar surface area (TPSA) is 190 Å². The molecule has 0 aliphatic carbocycles. The van der Waals surface area contributed by atoms with Crippen LogP contribution >= 0.6 is 7.82 Å². The molecule has 106 valence electrons. The summed E-state index contributed by atoms with van der Waals surface area (Å²) in [5, 5.41) is 37.4. The number of hydrogen-bond donors (Lipinski definition) is 3. The van der Waals surface area contributed by atoms with Crippen LogP contribution < -0.4 is 14.9 Å². The molecule has 3 atom stereocenters. The van der Waals surface area contributed by atoms with E-state index in [1.165, 1.54) is 0 Å². The van der Waals surface area contributed by atoms with Gasteiger partial charge >= 0.3 is 0 Å². The van der Waals surface area contributed by atoms with Crippen LogP contribution in [0.4, 0.5) is 0 Å². The minimum Gasteiger partial charge on any atom is -0.790 e. The maximum absolute atomic E-state index is 10.6. The van der Waals surface area contributed by atoms with Crippen molar-refractivity contribution in [2.24, 2.45) is 0 Å². The number of aliphatic hydroxyl groups is 3. The monoisotopic (exact) mass is 285 g/mol. The van der Waals surface area contributed by atoms with E-state index in [0.29, 0.717) is 0 Å². The molecule has 0 aromatic rings. The maximum Gasteiger partial charge on any atom is 0.180 e. The molecule has 0 heterocycles. The Bertz CT molecular complexity index is 348. The number of aliphatic carboxylic acids is 1. The number of rotatable bonds is 8. The molecule has 3 N–H and O–H groups in total. The van der Waals surface area contributed by atoms with Gasteiger partial charge in [-0.05, 0) is 0 Å². The molecule has 0 saturated carbocycles. The summed E-state index contributed by atoms with van der Waals surface area (Å²) in [6.45, 7) is -1.14. The highest BCUT2D eigenvalue weighted by molar-refractivity contribution is 7.43. The number of carboxylic acids is 1. The van der Waals surface area contributed by atoms with Crippen molar-refractivity contribution >= 4 is 19.6 Å². The Morgan fingerprint density at radius 1 is 1.17 bits per heavy atom. The summed E-state index contributed by atoms with van der Waals surface area (Å²) >= 11 is 0. The summed E-state index contributed by atoms with van der Waals surface area (Å²) in [7, 11) is -5.36. The van der Waals surface area contributed by atoms with Gasteiger partial charge in [0.25, 0.3) is 0 Å². The Balaban J connectivity index is 4.28. The number of phosphoric acid groups is 1. The predicted molar refractivity (Wildman–Crippen MR) is 46.2 cm³/mol. The van der Waals surface area contributed by atoms with Gasteiger partial charge < -0.3 is 44.1 Å². The number of carbonyl (C=O) groups excluding carboxylic acids is 2. The van der Waals surface area contributed by atoms with Crippen LogP contribution in [-0.4, -0.2) is 52.0 Å². The Kier molecular flexibility index (Phi) is 6.57.